The number of rotatable bonds is 8. The fraction of sp³-hybridized carbons (Fsp3) is 0.438. The molecular weight excluding hydrogens is 565 g/mol. The van der Waals surface area contributed by atoms with Gasteiger partial charge in [-0.1, -0.05) is 83.4 Å². The van der Waals surface area contributed by atoms with Crippen LogP contribution in [-0.2, 0) is 17.0 Å². The zero-order chi connectivity index (χ0) is 27.5. The number of fused-ring (bicyclic) bond motifs is 2. The van der Waals surface area contributed by atoms with Gasteiger partial charge in [-0.2, -0.15) is 12.1 Å². The molecule has 0 heterocycles. The predicted molar refractivity (Wildman–Crippen MR) is 174 cm³/mol. The minimum atomic E-state index is -0.556. The molecule has 202 valence electrons. The van der Waals surface area contributed by atoms with E-state index in [9.17, 15) is 0 Å². The van der Waals surface area contributed by atoms with Gasteiger partial charge in [0.05, 0.1) is 0 Å². The van der Waals surface area contributed by atoms with Crippen LogP contribution in [0, 0.1) is 11.8 Å². The third-order valence-electron chi connectivity index (χ3n) is 6.15. The van der Waals surface area contributed by atoms with E-state index in [0.717, 1.165) is 23.2 Å². The van der Waals surface area contributed by atoms with Crippen molar-refractivity contribution in [2.45, 2.75) is 66.7 Å². The van der Waals surface area contributed by atoms with E-state index in [1.807, 2.05) is 0 Å². The summed E-state index contributed by atoms with van der Waals surface area (Å²) in [6.45, 7) is 18.8. The molecule has 0 bridgehead atoms. The molecule has 0 unspecified atom stereocenters. The van der Waals surface area contributed by atoms with Crippen molar-refractivity contribution in [3.05, 3.63) is 72.8 Å². The molecule has 0 amide bonds. The van der Waals surface area contributed by atoms with Crippen molar-refractivity contribution in [1.82, 2.24) is 0 Å². The third kappa shape index (κ3) is 10.7. The standard InChI is InChI=1S/C17H24P.C15H20P.2ClH.Ti/c1-13(2)11-18(12-14(3)4)17-9-15-7-5-6-8-16(15)10-17;1-11(2)16(12(3)4)15-9-13-7-5-6-8-14(13)10-15;;;/h5-10,13-14H,11-12H2,1-4H3;5-12H,1-4H3;2*1H;/q2*-1;;;+2/p-2. The van der Waals surface area contributed by atoms with Crippen molar-refractivity contribution >= 4 is 66.6 Å². The van der Waals surface area contributed by atoms with Gasteiger partial charge in [0.15, 0.2) is 0 Å². The molecule has 0 aromatic heterocycles. The van der Waals surface area contributed by atoms with Gasteiger partial charge >= 0.3 is 35.6 Å². The van der Waals surface area contributed by atoms with Crippen LogP contribution in [0.5, 0.6) is 0 Å². The molecule has 0 saturated heterocycles. The van der Waals surface area contributed by atoms with E-state index in [0.29, 0.717) is 0 Å². The number of hydrogen-bond donors (Lipinski definition) is 0. The van der Waals surface area contributed by atoms with Crippen molar-refractivity contribution in [3.63, 3.8) is 0 Å². The van der Waals surface area contributed by atoms with Crippen molar-refractivity contribution in [1.29, 1.82) is 0 Å². The molecule has 37 heavy (non-hydrogen) atoms. The van der Waals surface area contributed by atoms with Crippen molar-refractivity contribution in [2.75, 3.05) is 12.3 Å². The molecule has 0 nitrogen and oxygen atoms in total. The summed E-state index contributed by atoms with van der Waals surface area (Å²) in [6, 6.07) is 27.0. The maximum atomic E-state index is 4.89. The Hall–Kier alpha value is -0.186. The van der Waals surface area contributed by atoms with Crippen LogP contribution in [0.15, 0.2) is 72.8 Å². The third-order valence-corrected chi connectivity index (χ3v) is 12.6. The van der Waals surface area contributed by atoms with Crippen LogP contribution in [-0.4, -0.2) is 23.6 Å². The Morgan fingerprint density at radius 2 is 1.03 bits per heavy atom. The van der Waals surface area contributed by atoms with Crippen molar-refractivity contribution in [3.8, 4) is 0 Å². The quantitative estimate of drug-likeness (QED) is 0.106. The van der Waals surface area contributed by atoms with Gasteiger partial charge < -0.3 is 0 Å². The molecule has 0 radical (unpaired) electrons. The Labute approximate surface area is 245 Å². The fourth-order valence-corrected chi connectivity index (χ4v) is 10.9. The van der Waals surface area contributed by atoms with Gasteiger partial charge in [0.25, 0.3) is 0 Å². The number of halogens is 2. The molecule has 0 aliphatic carbocycles. The summed E-state index contributed by atoms with van der Waals surface area (Å²) in [5, 5.41) is 8.78. The van der Waals surface area contributed by atoms with Crippen LogP contribution in [0.2, 0.25) is 0 Å². The van der Waals surface area contributed by atoms with Crippen molar-refractivity contribution < 1.29 is 17.0 Å². The predicted octanol–water partition coefficient (Wildman–Crippen LogP) is 10.8. The topological polar surface area (TPSA) is 0 Å². The Balaban J connectivity index is 0.000000237. The van der Waals surface area contributed by atoms with Crippen LogP contribution in [0.3, 0.4) is 0 Å². The molecule has 0 saturated carbocycles. The molecule has 0 atom stereocenters. The summed E-state index contributed by atoms with van der Waals surface area (Å²) < 4.78 is 0. The van der Waals surface area contributed by atoms with E-state index in [1.165, 1.54) is 33.9 Å². The van der Waals surface area contributed by atoms with E-state index in [-0.39, 0.29) is 15.8 Å². The van der Waals surface area contributed by atoms with Crippen molar-refractivity contribution in [2.24, 2.45) is 11.8 Å². The van der Waals surface area contributed by atoms with E-state index < -0.39 is 17.0 Å². The number of benzene rings is 2. The Morgan fingerprint density at radius 1 is 0.649 bits per heavy atom. The van der Waals surface area contributed by atoms with Gasteiger partial charge in [0.2, 0.25) is 0 Å². The normalized spacial score (nSPS) is 11.6. The Morgan fingerprint density at radius 3 is 1.41 bits per heavy atom. The van der Waals surface area contributed by atoms with Gasteiger partial charge in [-0.05, 0) is 35.5 Å². The summed E-state index contributed by atoms with van der Waals surface area (Å²) in [5.74, 6) is 1.60. The molecule has 0 aliphatic rings. The molecular formula is C32H44Cl2P2Ti-2. The SMILES string of the molecule is CC(C)CP(CC(C)C)c1cc2ccccc2[cH-]1.CC(C)P(c1cc2ccccc2[cH-]1)C(C)C.[Cl][Ti][Cl]. The first kappa shape index (κ1) is 33.0. The molecule has 4 aromatic rings. The van der Waals surface area contributed by atoms with E-state index >= 15 is 0 Å². The second-order valence-electron chi connectivity index (χ2n) is 11.0. The molecule has 0 aliphatic heterocycles. The van der Waals surface area contributed by atoms with Crippen LogP contribution in [0.25, 0.3) is 21.5 Å². The minimum absolute atomic E-state index is 0.0185. The molecule has 5 heteroatoms. The van der Waals surface area contributed by atoms with Gasteiger partial charge in [-0.3, -0.25) is 0 Å². The summed E-state index contributed by atoms with van der Waals surface area (Å²) in [4.78, 5) is 0. The monoisotopic (exact) mass is 608 g/mol. The van der Waals surface area contributed by atoms with Gasteiger partial charge in [-0.15, -0.1) is 80.7 Å². The summed E-state index contributed by atoms with van der Waals surface area (Å²) in [6.07, 6.45) is 2.73. The fourth-order valence-electron chi connectivity index (χ4n) is 4.96. The molecule has 0 spiro atoms. The zero-order valence-corrected chi connectivity index (χ0v) is 28.7. The molecule has 0 N–H and O–H groups in total. The second-order valence-corrected chi connectivity index (χ2v) is 19.3. The van der Waals surface area contributed by atoms with Crippen LogP contribution < -0.4 is 10.6 Å². The summed E-state index contributed by atoms with van der Waals surface area (Å²) in [5.41, 5.74) is 1.54. The summed E-state index contributed by atoms with van der Waals surface area (Å²) >= 11 is -0.556. The van der Waals surface area contributed by atoms with E-state index in [4.69, 9.17) is 18.6 Å². The van der Waals surface area contributed by atoms with Crippen LogP contribution in [0.1, 0.15) is 55.4 Å². The van der Waals surface area contributed by atoms with Gasteiger partial charge in [-0.25, -0.2) is 0 Å². The summed E-state index contributed by atoms with van der Waals surface area (Å²) in [7, 11) is 9.78. The first-order valence-electron chi connectivity index (χ1n) is 13.4. The van der Waals surface area contributed by atoms with Gasteiger partial charge in [0, 0.05) is 0 Å². The zero-order valence-electron chi connectivity index (χ0n) is 23.8. The molecule has 4 rings (SSSR count). The average Bonchev–Trinajstić information content (AvgIpc) is 3.42. The number of hydrogen-bond acceptors (Lipinski definition) is 0. The van der Waals surface area contributed by atoms with Crippen LogP contribution in [0.4, 0.5) is 0 Å². The van der Waals surface area contributed by atoms with Crippen LogP contribution >= 0.6 is 34.5 Å². The Bertz CT molecular complexity index is 1090. The average molecular weight is 609 g/mol. The first-order chi connectivity index (χ1) is 17.6. The Kier molecular flexibility index (Phi) is 15.0. The molecule has 0 fully saturated rings. The maximum absolute atomic E-state index is 4.89. The molecule has 4 aromatic carbocycles. The van der Waals surface area contributed by atoms with E-state index in [1.54, 1.807) is 10.6 Å². The first-order valence-corrected chi connectivity index (χ1v) is 20.9. The second kappa shape index (κ2) is 16.8. The van der Waals surface area contributed by atoms with Gasteiger partial charge in [0.1, 0.15) is 0 Å². The van der Waals surface area contributed by atoms with E-state index in [2.05, 4.69) is 128 Å².